The highest BCUT2D eigenvalue weighted by atomic mass is 16.5. The van der Waals surface area contributed by atoms with Crippen LogP contribution in [0.15, 0.2) is 24.8 Å². The van der Waals surface area contributed by atoms with Gasteiger partial charge in [0.2, 0.25) is 0 Å². The third-order valence-electron chi connectivity index (χ3n) is 1.57. The summed E-state index contributed by atoms with van der Waals surface area (Å²) in [6.07, 6.45) is 9.45. The Labute approximate surface area is 80.3 Å². The lowest BCUT2D eigenvalue weighted by molar-refractivity contribution is -0.141. The first-order valence-electron chi connectivity index (χ1n) is 4.72. The van der Waals surface area contributed by atoms with Gasteiger partial charge < -0.3 is 4.74 Å². The Hall–Kier alpha value is -1.05. The highest BCUT2D eigenvalue weighted by Crippen LogP contribution is 1.96. The Morgan fingerprint density at radius 1 is 1.38 bits per heavy atom. The summed E-state index contributed by atoms with van der Waals surface area (Å²) >= 11 is 0. The minimum absolute atomic E-state index is 0.143. The zero-order valence-electron chi connectivity index (χ0n) is 8.29. The van der Waals surface area contributed by atoms with E-state index >= 15 is 0 Å². The highest BCUT2D eigenvalue weighted by Gasteiger charge is 1.93. The molecule has 0 saturated carbocycles. The zero-order valence-corrected chi connectivity index (χ0v) is 8.29. The summed E-state index contributed by atoms with van der Waals surface area (Å²) in [5.74, 6) is -0.143. The predicted octanol–water partition coefficient (Wildman–Crippen LogP) is 2.85. The van der Waals surface area contributed by atoms with Crippen LogP contribution in [0.2, 0.25) is 0 Å². The molecule has 0 aromatic heterocycles. The molecule has 0 atom stereocenters. The van der Waals surface area contributed by atoms with Crippen LogP contribution in [0.3, 0.4) is 0 Å². The molecular weight excluding hydrogens is 164 g/mol. The molecule has 0 radical (unpaired) electrons. The molecular formula is C11H18O2. The lowest BCUT2D eigenvalue weighted by Crippen LogP contribution is -2.01. The minimum Gasteiger partial charge on any atom is -0.461 e. The molecule has 0 aliphatic carbocycles. The summed E-state index contributed by atoms with van der Waals surface area (Å²) in [5, 5.41) is 0. The average molecular weight is 182 g/mol. The van der Waals surface area contributed by atoms with Gasteiger partial charge in [0.05, 0.1) is 0 Å². The van der Waals surface area contributed by atoms with Gasteiger partial charge in [0.25, 0.3) is 0 Å². The fraction of sp³-hybridized carbons (Fsp3) is 0.545. The summed E-state index contributed by atoms with van der Waals surface area (Å²) in [6, 6.07) is 0. The number of carbonyl (C=O) groups is 1. The van der Waals surface area contributed by atoms with Crippen LogP contribution in [0.5, 0.6) is 0 Å². The van der Waals surface area contributed by atoms with Gasteiger partial charge in [-0.2, -0.15) is 0 Å². The van der Waals surface area contributed by atoms with Gasteiger partial charge in [-0.1, -0.05) is 25.2 Å². The fourth-order valence-electron chi connectivity index (χ4n) is 0.809. The third-order valence-corrected chi connectivity index (χ3v) is 1.57. The van der Waals surface area contributed by atoms with Crippen molar-refractivity contribution in [1.82, 2.24) is 0 Å². The minimum atomic E-state index is -0.143. The number of ether oxygens (including phenoxy) is 1. The third kappa shape index (κ3) is 8.86. The van der Waals surface area contributed by atoms with Crippen LogP contribution in [-0.4, -0.2) is 12.6 Å². The molecule has 0 saturated heterocycles. The molecule has 0 aliphatic rings. The number of rotatable bonds is 7. The van der Waals surface area contributed by atoms with E-state index in [0.717, 1.165) is 19.3 Å². The van der Waals surface area contributed by atoms with E-state index < -0.39 is 0 Å². The number of unbranched alkanes of at least 4 members (excludes halogenated alkanes) is 2. The largest absolute Gasteiger partial charge is 0.461 e. The van der Waals surface area contributed by atoms with Crippen molar-refractivity contribution < 1.29 is 9.53 Å². The molecule has 0 aromatic carbocycles. The molecule has 13 heavy (non-hydrogen) atoms. The van der Waals surface area contributed by atoms with Gasteiger partial charge in [-0.15, -0.1) is 6.58 Å². The van der Waals surface area contributed by atoms with Crippen molar-refractivity contribution in [3.8, 4) is 0 Å². The Morgan fingerprint density at radius 2 is 2.15 bits per heavy atom. The maximum absolute atomic E-state index is 10.7. The quantitative estimate of drug-likeness (QED) is 0.344. The van der Waals surface area contributed by atoms with Gasteiger partial charge in [0.1, 0.15) is 6.61 Å². The van der Waals surface area contributed by atoms with Crippen LogP contribution in [0, 0.1) is 0 Å². The van der Waals surface area contributed by atoms with Gasteiger partial charge in [-0.05, 0) is 19.3 Å². The second kappa shape index (κ2) is 9.04. The van der Waals surface area contributed by atoms with Crippen molar-refractivity contribution in [2.24, 2.45) is 0 Å². The second-order valence-electron chi connectivity index (χ2n) is 2.73. The van der Waals surface area contributed by atoms with E-state index in [4.69, 9.17) is 4.74 Å². The molecule has 74 valence electrons. The Bertz CT molecular complexity index is 171. The molecule has 0 fully saturated rings. The molecule has 0 N–H and O–H groups in total. The van der Waals surface area contributed by atoms with Gasteiger partial charge in [0, 0.05) is 6.42 Å². The fourth-order valence-corrected chi connectivity index (χ4v) is 0.809. The van der Waals surface area contributed by atoms with Crippen LogP contribution >= 0.6 is 0 Å². The molecule has 2 nitrogen and oxygen atoms in total. The molecule has 0 rings (SSSR count). The van der Waals surface area contributed by atoms with Crippen molar-refractivity contribution in [1.29, 1.82) is 0 Å². The van der Waals surface area contributed by atoms with Crippen LogP contribution in [-0.2, 0) is 9.53 Å². The van der Waals surface area contributed by atoms with E-state index in [1.54, 1.807) is 6.92 Å². The van der Waals surface area contributed by atoms with Crippen LogP contribution < -0.4 is 0 Å². The molecule has 0 spiro atoms. The Morgan fingerprint density at radius 3 is 2.77 bits per heavy atom. The van der Waals surface area contributed by atoms with E-state index in [1.165, 1.54) is 0 Å². The van der Waals surface area contributed by atoms with Gasteiger partial charge in [0.15, 0.2) is 0 Å². The maximum atomic E-state index is 10.7. The number of hydrogen-bond donors (Lipinski definition) is 0. The van der Waals surface area contributed by atoms with Crippen LogP contribution in [0.25, 0.3) is 0 Å². The summed E-state index contributed by atoms with van der Waals surface area (Å²) in [7, 11) is 0. The first-order chi connectivity index (χ1) is 6.31. The summed E-state index contributed by atoms with van der Waals surface area (Å²) < 4.78 is 4.85. The van der Waals surface area contributed by atoms with Crippen LogP contribution in [0.1, 0.15) is 32.6 Å². The molecule has 0 bridgehead atoms. The molecule has 0 aromatic rings. The highest BCUT2D eigenvalue weighted by molar-refractivity contribution is 5.68. The van der Waals surface area contributed by atoms with E-state index in [2.05, 4.69) is 6.58 Å². The predicted molar refractivity (Wildman–Crippen MR) is 54.4 cm³/mol. The molecule has 0 heterocycles. The smallest absolute Gasteiger partial charge is 0.305 e. The summed E-state index contributed by atoms with van der Waals surface area (Å²) in [6.45, 7) is 5.83. The normalized spacial score (nSPS) is 10.2. The lowest BCUT2D eigenvalue weighted by atomic mass is 10.2. The first kappa shape index (κ1) is 11.9. The zero-order chi connectivity index (χ0) is 9.94. The second-order valence-corrected chi connectivity index (χ2v) is 2.73. The van der Waals surface area contributed by atoms with Gasteiger partial charge >= 0.3 is 5.97 Å². The topological polar surface area (TPSA) is 26.3 Å². The molecule has 0 aliphatic heterocycles. The van der Waals surface area contributed by atoms with E-state index in [9.17, 15) is 4.79 Å². The van der Waals surface area contributed by atoms with Crippen LogP contribution in [0.4, 0.5) is 0 Å². The van der Waals surface area contributed by atoms with Crippen molar-refractivity contribution in [3.05, 3.63) is 24.8 Å². The Balaban J connectivity index is 3.21. The summed E-state index contributed by atoms with van der Waals surface area (Å²) in [4.78, 5) is 10.7. The molecule has 2 heteroatoms. The number of esters is 1. The van der Waals surface area contributed by atoms with E-state index in [-0.39, 0.29) is 5.97 Å². The lowest BCUT2D eigenvalue weighted by Gasteiger charge is -1.96. The SMILES string of the molecule is C=CCCC/C=C/COC(=O)CC. The van der Waals surface area contributed by atoms with Gasteiger partial charge in [-0.25, -0.2) is 0 Å². The monoisotopic (exact) mass is 182 g/mol. The standard InChI is InChI=1S/C11H18O2/c1-3-5-6-7-8-9-10-13-11(12)4-2/h3,8-9H,1,4-7,10H2,2H3/b9-8+. The van der Waals surface area contributed by atoms with Crippen molar-refractivity contribution in [2.45, 2.75) is 32.6 Å². The Kier molecular flexibility index (Phi) is 8.31. The van der Waals surface area contributed by atoms with Crippen molar-refractivity contribution >= 4 is 5.97 Å². The van der Waals surface area contributed by atoms with Crippen molar-refractivity contribution in [2.75, 3.05) is 6.61 Å². The van der Waals surface area contributed by atoms with E-state index in [0.29, 0.717) is 13.0 Å². The number of allylic oxidation sites excluding steroid dienone is 2. The first-order valence-corrected chi connectivity index (χ1v) is 4.72. The van der Waals surface area contributed by atoms with Gasteiger partial charge in [-0.3, -0.25) is 4.79 Å². The number of hydrogen-bond acceptors (Lipinski definition) is 2. The maximum Gasteiger partial charge on any atom is 0.305 e. The van der Waals surface area contributed by atoms with Crippen molar-refractivity contribution in [3.63, 3.8) is 0 Å². The van der Waals surface area contributed by atoms with E-state index in [1.807, 2.05) is 18.2 Å². The number of carbonyl (C=O) groups excluding carboxylic acids is 1. The average Bonchev–Trinajstić information content (AvgIpc) is 2.16. The molecule has 0 amide bonds. The molecule has 0 unspecified atom stereocenters. The summed E-state index contributed by atoms with van der Waals surface area (Å²) in [5.41, 5.74) is 0.